The van der Waals surface area contributed by atoms with Gasteiger partial charge in [0.1, 0.15) is 0 Å². The molecule has 0 spiro atoms. The summed E-state index contributed by atoms with van der Waals surface area (Å²) in [4.78, 5) is 1.98. The summed E-state index contributed by atoms with van der Waals surface area (Å²) >= 11 is 0. The van der Waals surface area contributed by atoms with Gasteiger partial charge < -0.3 is 10.2 Å². The van der Waals surface area contributed by atoms with Gasteiger partial charge in [-0.25, -0.2) is 0 Å². The van der Waals surface area contributed by atoms with E-state index in [1.54, 1.807) is 6.07 Å². The van der Waals surface area contributed by atoms with E-state index >= 15 is 0 Å². The molecule has 3 nitrogen and oxygen atoms in total. The minimum absolute atomic E-state index is 0.00117. The van der Waals surface area contributed by atoms with Gasteiger partial charge in [-0.2, -0.15) is 13.2 Å². The van der Waals surface area contributed by atoms with Crippen LogP contribution in [0.1, 0.15) is 30.4 Å². The lowest BCUT2D eigenvalue weighted by atomic mass is 9.98. The number of aliphatic hydroxyl groups excluding tert-OH is 2. The summed E-state index contributed by atoms with van der Waals surface area (Å²) in [6.07, 6.45) is -2.44. The minimum atomic E-state index is -4.41. The maximum Gasteiger partial charge on any atom is 0.416 e. The van der Waals surface area contributed by atoms with Gasteiger partial charge >= 0.3 is 6.18 Å². The third kappa shape index (κ3) is 4.44. The van der Waals surface area contributed by atoms with Crippen LogP contribution in [0.5, 0.6) is 0 Å². The molecule has 1 aromatic carbocycles. The Morgan fingerprint density at radius 1 is 1.23 bits per heavy atom. The first kappa shape index (κ1) is 17.2. The Labute approximate surface area is 128 Å². The summed E-state index contributed by atoms with van der Waals surface area (Å²) in [6, 6.07) is 5.35. The average molecular weight is 317 g/mol. The SMILES string of the molecule is OC[C@H]1CCCCN1CC(O)Cc1ccccc1C(F)(F)F. The van der Waals surface area contributed by atoms with Crippen LogP contribution in [0.25, 0.3) is 0 Å². The molecule has 6 heteroatoms. The van der Waals surface area contributed by atoms with Crippen molar-refractivity contribution in [1.29, 1.82) is 0 Å². The molecule has 22 heavy (non-hydrogen) atoms. The Hall–Kier alpha value is -1.11. The number of hydrogen-bond acceptors (Lipinski definition) is 3. The number of nitrogens with zero attached hydrogens (tertiary/aromatic N) is 1. The smallest absolute Gasteiger partial charge is 0.395 e. The highest BCUT2D eigenvalue weighted by Gasteiger charge is 2.33. The van der Waals surface area contributed by atoms with Gasteiger partial charge in [-0.05, 0) is 31.0 Å². The third-order valence-electron chi connectivity index (χ3n) is 4.18. The summed E-state index contributed by atoms with van der Waals surface area (Å²) in [5.74, 6) is 0. The van der Waals surface area contributed by atoms with Crippen molar-refractivity contribution >= 4 is 0 Å². The largest absolute Gasteiger partial charge is 0.416 e. The normalized spacial score (nSPS) is 21.8. The van der Waals surface area contributed by atoms with Crippen molar-refractivity contribution in [3.63, 3.8) is 0 Å². The van der Waals surface area contributed by atoms with Crippen LogP contribution in [-0.4, -0.2) is 47.0 Å². The van der Waals surface area contributed by atoms with E-state index in [2.05, 4.69) is 0 Å². The van der Waals surface area contributed by atoms with Crippen molar-refractivity contribution in [1.82, 2.24) is 4.90 Å². The van der Waals surface area contributed by atoms with E-state index in [1.807, 2.05) is 4.90 Å². The molecule has 1 saturated heterocycles. The predicted molar refractivity (Wildman–Crippen MR) is 77.5 cm³/mol. The topological polar surface area (TPSA) is 43.7 Å². The fourth-order valence-corrected chi connectivity index (χ4v) is 3.07. The lowest BCUT2D eigenvalue weighted by molar-refractivity contribution is -0.138. The summed E-state index contributed by atoms with van der Waals surface area (Å²) in [5.41, 5.74) is -0.577. The number of aliphatic hydroxyl groups is 2. The van der Waals surface area contributed by atoms with Crippen molar-refractivity contribution in [3.8, 4) is 0 Å². The van der Waals surface area contributed by atoms with Crippen LogP contribution in [0.3, 0.4) is 0 Å². The molecule has 0 amide bonds. The molecule has 2 rings (SSSR count). The second-order valence-electron chi connectivity index (χ2n) is 5.84. The Morgan fingerprint density at radius 2 is 1.95 bits per heavy atom. The van der Waals surface area contributed by atoms with Crippen LogP contribution in [-0.2, 0) is 12.6 Å². The number of piperidine rings is 1. The van der Waals surface area contributed by atoms with E-state index < -0.39 is 17.8 Å². The fraction of sp³-hybridized carbons (Fsp3) is 0.625. The van der Waals surface area contributed by atoms with Gasteiger partial charge in [-0.3, -0.25) is 4.90 Å². The molecule has 0 bridgehead atoms. The van der Waals surface area contributed by atoms with E-state index in [4.69, 9.17) is 0 Å². The van der Waals surface area contributed by atoms with Gasteiger partial charge in [0.15, 0.2) is 0 Å². The molecule has 2 N–H and O–H groups in total. The lowest BCUT2D eigenvalue weighted by Gasteiger charge is -2.35. The number of rotatable bonds is 5. The zero-order valence-electron chi connectivity index (χ0n) is 12.4. The molecule has 1 aliphatic rings. The van der Waals surface area contributed by atoms with Crippen molar-refractivity contribution in [2.24, 2.45) is 0 Å². The highest BCUT2D eigenvalue weighted by Crippen LogP contribution is 2.32. The molecule has 1 aromatic rings. The van der Waals surface area contributed by atoms with Crippen molar-refractivity contribution in [3.05, 3.63) is 35.4 Å². The zero-order chi connectivity index (χ0) is 16.2. The van der Waals surface area contributed by atoms with Gasteiger partial charge in [0.05, 0.1) is 18.3 Å². The highest BCUT2D eigenvalue weighted by atomic mass is 19.4. The van der Waals surface area contributed by atoms with E-state index in [9.17, 15) is 23.4 Å². The van der Waals surface area contributed by atoms with Crippen molar-refractivity contribution in [2.75, 3.05) is 19.7 Å². The molecule has 0 aromatic heterocycles. The Balaban J connectivity index is 2.01. The summed E-state index contributed by atoms with van der Waals surface area (Å²) in [5, 5.41) is 19.5. The van der Waals surface area contributed by atoms with E-state index in [1.165, 1.54) is 12.1 Å². The molecule has 1 heterocycles. The van der Waals surface area contributed by atoms with Crippen LogP contribution in [0, 0.1) is 0 Å². The van der Waals surface area contributed by atoms with Gasteiger partial charge in [0.25, 0.3) is 0 Å². The van der Waals surface area contributed by atoms with Gasteiger partial charge in [-0.15, -0.1) is 0 Å². The van der Waals surface area contributed by atoms with E-state index in [0.29, 0.717) is 0 Å². The van der Waals surface area contributed by atoms with Gasteiger partial charge in [0, 0.05) is 19.0 Å². The monoisotopic (exact) mass is 317 g/mol. The number of alkyl halides is 3. The molecule has 0 saturated carbocycles. The fourth-order valence-electron chi connectivity index (χ4n) is 3.07. The first-order valence-corrected chi connectivity index (χ1v) is 7.60. The van der Waals surface area contributed by atoms with Crippen molar-refractivity contribution in [2.45, 2.75) is 44.0 Å². The third-order valence-corrected chi connectivity index (χ3v) is 4.18. The molecule has 1 unspecified atom stereocenters. The molecule has 2 atom stereocenters. The maximum absolute atomic E-state index is 12.9. The Kier molecular flexibility index (Phi) is 5.83. The first-order valence-electron chi connectivity index (χ1n) is 7.60. The first-order chi connectivity index (χ1) is 10.4. The molecular weight excluding hydrogens is 295 g/mol. The van der Waals surface area contributed by atoms with Crippen LogP contribution in [0.4, 0.5) is 13.2 Å². The van der Waals surface area contributed by atoms with E-state index in [0.717, 1.165) is 31.9 Å². The zero-order valence-corrected chi connectivity index (χ0v) is 12.4. The standard InChI is InChI=1S/C16H22F3NO2/c17-16(18,19)15-7-2-1-5-12(15)9-14(22)10-20-8-4-3-6-13(20)11-21/h1-2,5,7,13-14,21-22H,3-4,6,8-11H2/t13-,14?/m1/s1. The second kappa shape index (κ2) is 7.44. The van der Waals surface area contributed by atoms with Crippen LogP contribution in [0.2, 0.25) is 0 Å². The van der Waals surface area contributed by atoms with Gasteiger partial charge in [0.2, 0.25) is 0 Å². The number of halogens is 3. The number of benzene rings is 1. The Morgan fingerprint density at radius 3 is 2.64 bits per heavy atom. The molecule has 124 valence electrons. The van der Waals surface area contributed by atoms with Crippen molar-refractivity contribution < 1.29 is 23.4 Å². The molecule has 1 fully saturated rings. The van der Waals surface area contributed by atoms with Crippen LogP contribution >= 0.6 is 0 Å². The quantitative estimate of drug-likeness (QED) is 0.877. The molecule has 0 radical (unpaired) electrons. The summed E-state index contributed by atoms with van der Waals surface area (Å²) < 4.78 is 38.8. The molecular formula is C16H22F3NO2. The molecule has 0 aliphatic carbocycles. The van der Waals surface area contributed by atoms with Gasteiger partial charge in [-0.1, -0.05) is 24.6 Å². The minimum Gasteiger partial charge on any atom is -0.395 e. The van der Waals surface area contributed by atoms with Crippen LogP contribution in [0.15, 0.2) is 24.3 Å². The lowest BCUT2D eigenvalue weighted by Crippen LogP contribution is -2.46. The highest BCUT2D eigenvalue weighted by molar-refractivity contribution is 5.30. The second-order valence-corrected chi connectivity index (χ2v) is 5.84. The average Bonchev–Trinajstić information content (AvgIpc) is 2.47. The van der Waals surface area contributed by atoms with Crippen LogP contribution < -0.4 is 0 Å². The predicted octanol–water partition coefficient (Wildman–Crippen LogP) is 2.46. The molecule has 1 aliphatic heterocycles. The number of hydrogen-bond donors (Lipinski definition) is 2. The number of β-amino-alcohol motifs (C(OH)–C–C–N with tert-alkyl or cyclic N) is 1. The number of likely N-dealkylation sites (tertiary alicyclic amines) is 1. The summed E-state index contributed by atoms with van der Waals surface area (Å²) in [6.45, 7) is 1.08. The van der Waals surface area contributed by atoms with E-state index in [-0.39, 0.29) is 31.2 Å². The maximum atomic E-state index is 12.9. The Bertz CT molecular complexity index is 479. The summed E-state index contributed by atoms with van der Waals surface area (Å²) in [7, 11) is 0.